The van der Waals surface area contributed by atoms with Gasteiger partial charge in [-0.25, -0.2) is 0 Å². The van der Waals surface area contributed by atoms with Gasteiger partial charge in [0.05, 0.1) is 6.61 Å². The van der Waals surface area contributed by atoms with Gasteiger partial charge < -0.3 is 14.9 Å². The van der Waals surface area contributed by atoms with Crippen LogP contribution in [0.4, 0.5) is 0 Å². The van der Waals surface area contributed by atoms with Crippen LogP contribution >= 0.6 is 0 Å². The molecule has 0 aliphatic heterocycles. The summed E-state index contributed by atoms with van der Waals surface area (Å²) in [5, 5.41) is 0. The van der Waals surface area contributed by atoms with Crippen molar-refractivity contribution in [3.63, 3.8) is 0 Å². The summed E-state index contributed by atoms with van der Waals surface area (Å²) >= 11 is 0. The van der Waals surface area contributed by atoms with Crippen LogP contribution < -0.4 is 5.73 Å². The van der Waals surface area contributed by atoms with Crippen LogP contribution in [-0.4, -0.2) is 13.0 Å². The van der Waals surface area contributed by atoms with Crippen LogP contribution in [0.2, 0.25) is 0 Å². The molecule has 0 aliphatic rings. The van der Waals surface area contributed by atoms with Gasteiger partial charge in [0.25, 0.3) is 5.91 Å². The van der Waals surface area contributed by atoms with Gasteiger partial charge in [0.2, 0.25) is 0 Å². The molecule has 1 amide bonds. The third-order valence-corrected chi connectivity index (χ3v) is 1.76. The molecule has 4 heteroatoms. The summed E-state index contributed by atoms with van der Waals surface area (Å²) in [6, 6.07) is 1.63. The van der Waals surface area contributed by atoms with Crippen molar-refractivity contribution in [2.45, 2.75) is 20.0 Å². The molecule has 4 nitrogen and oxygen atoms in total. The first-order chi connectivity index (χ1) is 6.19. The minimum absolute atomic E-state index is 0.198. The Balaban J connectivity index is 2.96. The van der Waals surface area contributed by atoms with Crippen molar-refractivity contribution in [3.8, 4) is 0 Å². The SMILES string of the molecule is CCc1oc(C(N)=O)cc1COC. The standard InChI is InChI=1S/C9H13NO3/c1-3-7-6(5-12-2)4-8(13-7)9(10)11/h4H,3,5H2,1-2H3,(H2,10,11). The van der Waals surface area contributed by atoms with E-state index in [1.165, 1.54) is 0 Å². The highest BCUT2D eigenvalue weighted by atomic mass is 16.5. The zero-order valence-corrected chi connectivity index (χ0v) is 7.79. The lowest BCUT2D eigenvalue weighted by atomic mass is 10.2. The van der Waals surface area contributed by atoms with E-state index in [1.54, 1.807) is 13.2 Å². The minimum atomic E-state index is -0.544. The van der Waals surface area contributed by atoms with Crippen molar-refractivity contribution in [2.24, 2.45) is 5.73 Å². The number of carbonyl (C=O) groups excluding carboxylic acids is 1. The van der Waals surface area contributed by atoms with Gasteiger partial charge in [-0.05, 0) is 6.07 Å². The lowest BCUT2D eigenvalue weighted by molar-refractivity contribution is 0.0972. The maximum Gasteiger partial charge on any atom is 0.284 e. The van der Waals surface area contributed by atoms with Crippen LogP contribution in [0.25, 0.3) is 0 Å². The Bertz CT molecular complexity index is 304. The van der Waals surface area contributed by atoms with Crippen LogP contribution in [-0.2, 0) is 17.8 Å². The first-order valence-electron chi connectivity index (χ1n) is 4.09. The maximum absolute atomic E-state index is 10.8. The second kappa shape index (κ2) is 4.09. The highest BCUT2D eigenvalue weighted by molar-refractivity contribution is 5.90. The Hall–Kier alpha value is -1.29. The highest BCUT2D eigenvalue weighted by Gasteiger charge is 2.12. The average Bonchev–Trinajstić information content (AvgIpc) is 2.48. The molecule has 0 saturated carbocycles. The van der Waals surface area contributed by atoms with Gasteiger partial charge in [0.1, 0.15) is 5.76 Å². The average molecular weight is 183 g/mol. The van der Waals surface area contributed by atoms with Crippen LogP contribution in [0.1, 0.15) is 28.8 Å². The van der Waals surface area contributed by atoms with E-state index in [0.29, 0.717) is 6.61 Å². The van der Waals surface area contributed by atoms with E-state index in [2.05, 4.69) is 0 Å². The summed E-state index contributed by atoms with van der Waals surface area (Å²) in [6.07, 6.45) is 0.728. The van der Waals surface area contributed by atoms with E-state index in [4.69, 9.17) is 14.9 Å². The molecule has 0 bridgehead atoms. The van der Waals surface area contributed by atoms with E-state index in [-0.39, 0.29) is 5.76 Å². The number of amides is 1. The molecule has 2 N–H and O–H groups in total. The Labute approximate surface area is 76.7 Å². The highest BCUT2D eigenvalue weighted by Crippen LogP contribution is 2.16. The Morgan fingerprint density at radius 3 is 2.85 bits per heavy atom. The molecular formula is C9H13NO3. The molecule has 0 fully saturated rings. The molecule has 1 aromatic rings. The smallest absolute Gasteiger partial charge is 0.284 e. The number of rotatable bonds is 4. The third kappa shape index (κ3) is 2.09. The molecular weight excluding hydrogens is 170 g/mol. The summed E-state index contributed by atoms with van der Waals surface area (Å²) < 4.78 is 10.2. The molecule has 0 radical (unpaired) electrons. The molecule has 0 atom stereocenters. The number of carbonyl (C=O) groups is 1. The lowest BCUT2D eigenvalue weighted by Gasteiger charge is -1.96. The minimum Gasteiger partial charge on any atom is -0.456 e. The number of furan rings is 1. The van der Waals surface area contributed by atoms with Gasteiger partial charge in [-0.3, -0.25) is 4.79 Å². The maximum atomic E-state index is 10.8. The van der Waals surface area contributed by atoms with Crippen LogP contribution in [0.3, 0.4) is 0 Å². The number of primary amides is 1. The zero-order valence-electron chi connectivity index (χ0n) is 7.79. The van der Waals surface area contributed by atoms with Crippen LogP contribution in [0.15, 0.2) is 10.5 Å². The van der Waals surface area contributed by atoms with Gasteiger partial charge in [0.15, 0.2) is 5.76 Å². The fourth-order valence-corrected chi connectivity index (χ4v) is 1.16. The van der Waals surface area contributed by atoms with Crippen molar-refractivity contribution in [3.05, 3.63) is 23.2 Å². The lowest BCUT2D eigenvalue weighted by Crippen LogP contribution is -2.09. The first kappa shape index (κ1) is 9.80. The van der Waals surface area contributed by atoms with E-state index < -0.39 is 5.91 Å². The summed E-state index contributed by atoms with van der Waals surface area (Å²) in [4.78, 5) is 10.8. The van der Waals surface area contributed by atoms with E-state index >= 15 is 0 Å². The molecule has 13 heavy (non-hydrogen) atoms. The molecule has 1 rings (SSSR count). The number of hydrogen-bond acceptors (Lipinski definition) is 3. The largest absolute Gasteiger partial charge is 0.456 e. The summed E-state index contributed by atoms with van der Waals surface area (Å²) in [7, 11) is 1.59. The molecule has 0 saturated heterocycles. The second-order valence-electron chi connectivity index (χ2n) is 2.71. The van der Waals surface area contributed by atoms with E-state index in [1.807, 2.05) is 6.92 Å². The van der Waals surface area contributed by atoms with E-state index in [9.17, 15) is 4.79 Å². The first-order valence-corrected chi connectivity index (χ1v) is 4.09. The molecule has 0 spiro atoms. The van der Waals surface area contributed by atoms with Crippen molar-refractivity contribution < 1.29 is 13.9 Å². The Morgan fingerprint density at radius 2 is 2.38 bits per heavy atom. The van der Waals surface area contributed by atoms with Crippen LogP contribution in [0, 0.1) is 0 Å². The number of aryl methyl sites for hydroxylation is 1. The monoisotopic (exact) mass is 183 g/mol. The Morgan fingerprint density at radius 1 is 1.69 bits per heavy atom. The predicted molar refractivity (Wildman–Crippen MR) is 47.3 cm³/mol. The topological polar surface area (TPSA) is 65.5 Å². The van der Waals surface area contributed by atoms with Gasteiger partial charge in [-0.1, -0.05) is 6.92 Å². The molecule has 1 aromatic heterocycles. The molecule has 0 aromatic carbocycles. The van der Waals surface area contributed by atoms with Crippen molar-refractivity contribution in [2.75, 3.05) is 7.11 Å². The molecule has 1 heterocycles. The summed E-state index contributed by atoms with van der Waals surface area (Å²) in [5.41, 5.74) is 5.96. The molecule has 72 valence electrons. The predicted octanol–water partition coefficient (Wildman–Crippen LogP) is 1.09. The van der Waals surface area contributed by atoms with Crippen LogP contribution in [0.5, 0.6) is 0 Å². The zero-order chi connectivity index (χ0) is 9.84. The fourth-order valence-electron chi connectivity index (χ4n) is 1.16. The summed E-state index contributed by atoms with van der Waals surface area (Å²) in [6.45, 7) is 2.39. The number of ether oxygens (including phenoxy) is 1. The normalized spacial score (nSPS) is 10.3. The van der Waals surface area contributed by atoms with Crippen molar-refractivity contribution >= 4 is 5.91 Å². The number of hydrogen-bond donors (Lipinski definition) is 1. The number of methoxy groups -OCH3 is 1. The number of nitrogens with two attached hydrogens (primary N) is 1. The van der Waals surface area contributed by atoms with Crippen molar-refractivity contribution in [1.82, 2.24) is 0 Å². The molecule has 0 unspecified atom stereocenters. The van der Waals surface area contributed by atoms with Crippen molar-refractivity contribution in [1.29, 1.82) is 0 Å². The molecule has 0 aliphatic carbocycles. The quantitative estimate of drug-likeness (QED) is 0.759. The summed E-state index contributed by atoms with van der Waals surface area (Å²) in [5.74, 6) is 0.414. The fraction of sp³-hybridized carbons (Fsp3) is 0.444. The van der Waals surface area contributed by atoms with Gasteiger partial charge >= 0.3 is 0 Å². The van der Waals surface area contributed by atoms with Gasteiger partial charge in [-0.2, -0.15) is 0 Å². The van der Waals surface area contributed by atoms with Gasteiger partial charge in [0, 0.05) is 19.1 Å². The Kier molecular flexibility index (Phi) is 3.08. The van der Waals surface area contributed by atoms with E-state index in [0.717, 1.165) is 17.7 Å². The van der Waals surface area contributed by atoms with Gasteiger partial charge in [-0.15, -0.1) is 0 Å². The third-order valence-electron chi connectivity index (χ3n) is 1.76. The second-order valence-corrected chi connectivity index (χ2v) is 2.71.